The van der Waals surface area contributed by atoms with Crippen molar-refractivity contribution < 1.29 is 0 Å². The molecule has 0 atom stereocenters. The zero-order valence-electron chi connectivity index (χ0n) is 16.3. The van der Waals surface area contributed by atoms with Crippen molar-refractivity contribution in [3.05, 3.63) is 69.3 Å². The molecule has 142 valence electrons. The van der Waals surface area contributed by atoms with E-state index in [0.717, 1.165) is 0 Å². The van der Waals surface area contributed by atoms with Gasteiger partial charge in [0.2, 0.25) is 0 Å². The van der Waals surface area contributed by atoms with Crippen molar-refractivity contribution in [2.45, 2.75) is 83.5 Å². The Labute approximate surface area is 174 Å². The molecule has 0 nitrogen and oxygen atoms in total. The molecule has 0 spiro atoms. The SMILES string of the molecule is Ic1ccc(CCCCCCCCCCCCCc2ccccc2)cc1. The first kappa shape index (κ1) is 21.5. The molecule has 0 heterocycles. The van der Waals surface area contributed by atoms with Crippen LogP contribution in [0.1, 0.15) is 81.8 Å². The average Bonchev–Trinajstić information content (AvgIpc) is 2.68. The molecule has 0 saturated carbocycles. The minimum absolute atomic E-state index is 1.25. The summed E-state index contributed by atoms with van der Waals surface area (Å²) in [5, 5.41) is 0. The Morgan fingerprint density at radius 3 is 1.27 bits per heavy atom. The van der Waals surface area contributed by atoms with Gasteiger partial charge in [-0.1, -0.05) is 100 Å². The molecule has 0 unspecified atom stereocenters. The Hall–Kier alpha value is -0.830. The van der Waals surface area contributed by atoms with Gasteiger partial charge in [0, 0.05) is 3.57 Å². The van der Waals surface area contributed by atoms with E-state index in [1.165, 1.54) is 98.2 Å². The van der Waals surface area contributed by atoms with Gasteiger partial charge in [-0.05, 0) is 71.5 Å². The van der Waals surface area contributed by atoms with Crippen molar-refractivity contribution in [3.8, 4) is 0 Å². The predicted octanol–water partition coefficient (Wildman–Crippen LogP) is 8.37. The molecule has 0 amide bonds. The Morgan fingerprint density at radius 2 is 0.808 bits per heavy atom. The van der Waals surface area contributed by atoms with Gasteiger partial charge in [-0.25, -0.2) is 0 Å². The first-order chi connectivity index (χ1) is 12.8. The molecule has 0 saturated heterocycles. The molecule has 0 bridgehead atoms. The topological polar surface area (TPSA) is 0 Å². The first-order valence-electron chi connectivity index (χ1n) is 10.6. The van der Waals surface area contributed by atoms with E-state index in [1.54, 1.807) is 0 Å². The molecule has 0 aliphatic heterocycles. The van der Waals surface area contributed by atoms with Gasteiger partial charge in [-0.3, -0.25) is 0 Å². The van der Waals surface area contributed by atoms with Crippen LogP contribution in [0.15, 0.2) is 54.6 Å². The third-order valence-electron chi connectivity index (χ3n) is 5.19. The third-order valence-corrected chi connectivity index (χ3v) is 5.91. The molecule has 2 rings (SSSR count). The molecular formula is C25H35I. The summed E-state index contributed by atoms with van der Waals surface area (Å²) >= 11 is 2.37. The highest BCUT2D eigenvalue weighted by Gasteiger charge is 1.96. The van der Waals surface area contributed by atoms with Gasteiger partial charge < -0.3 is 0 Å². The van der Waals surface area contributed by atoms with Gasteiger partial charge in [-0.2, -0.15) is 0 Å². The lowest BCUT2D eigenvalue weighted by Crippen LogP contribution is -1.87. The fourth-order valence-electron chi connectivity index (χ4n) is 3.54. The Bertz CT molecular complexity index is 558. The van der Waals surface area contributed by atoms with E-state index in [9.17, 15) is 0 Å². The lowest BCUT2D eigenvalue weighted by molar-refractivity contribution is 0.545. The number of hydrogen-bond acceptors (Lipinski definition) is 0. The molecule has 2 aromatic carbocycles. The average molecular weight is 462 g/mol. The molecule has 26 heavy (non-hydrogen) atoms. The molecule has 1 heteroatoms. The maximum atomic E-state index is 2.37. The maximum absolute atomic E-state index is 2.37. The van der Waals surface area contributed by atoms with Crippen LogP contribution < -0.4 is 0 Å². The van der Waals surface area contributed by atoms with Crippen LogP contribution in [-0.4, -0.2) is 0 Å². The Balaban J connectivity index is 1.31. The van der Waals surface area contributed by atoms with Crippen molar-refractivity contribution in [1.82, 2.24) is 0 Å². The number of benzene rings is 2. The maximum Gasteiger partial charge on any atom is 0.0130 e. The van der Waals surface area contributed by atoms with Gasteiger partial charge in [-0.15, -0.1) is 0 Å². The van der Waals surface area contributed by atoms with Crippen LogP contribution in [0.25, 0.3) is 0 Å². The van der Waals surface area contributed by atoms with Crippen LogP contribution in [0.5, 0.6) is 0 Å². The third kappa shape index (κ3) is 10.4. The van der Waals surface area contributed by atoms with Crippen molar-refractivity contribution in [3.63, 3.8) is 0 Å². The van der Waals surface area contributed by atoms with Gasteiger partial charge in [0.15, 0.2) is 0 Å². The van der Waals surface area contributed by atoms with Crippen molar-refractivity contribution in [1.29, 1.82) is 0 Å². The van der Waals surface area contributed by atoms with Crippen LogP contribution in [0.4, 0.5) is 0 Å². The number of halogens is 1. The summed E-state index contributed by atoms with van der Waals surface area (Å²) in [5.74, 6) is 0. The number of rotatable bonds is 14. The molecule has 0 N–H and O–H groups in total. The summed E-state index contributed by atoms with van der Waals surface area (Å²) in [5.41, 5.74) is 2.99. The molecule has 2 aromatic rings. The van der Waals surface area contributed by atoms with Crippen LogP contribution in [0.3, 0.4) is 0 Å². The van der Waals surface area contributed by atoms with E-state index in [2.05, 4.69) is 77.2 Å². The van der Waals surface area contributed by atoms with E-state index in [4.69, 9.17) is 0 Å². The standard InChI is InChI=1S/C25H35I/c26-25-21-19-24(20-22-25)18-12-9-7-5-3-1-2-4-6-8-11-15-23-16-13-10-14-17-23/h10,13-14,16-17,19-22H,1-9,11-12,15,18H2. The minimum Gasteiger partial charge on any atom is -0.0622 e. The van der Waals surface area contributed by atoms with Crippen LogP contribution in [0, 0.1) is 3.57 Å². The fourth-order valence-corrected chi connectivity index (χ4v) is 3.90. The summed E-state index contributed by atoms with van der Waals surface area (Å²) in [6.45, 7) is 0. The van der Waals surface area contributed by atoms with Crippen LogP contribution in [0.2, 0.25) is 0 Å². The molecule has 0 fully saturated rings. The van der Waals surface area contributed by atoms with E-state index in [-0.39, 0.29) is 0 Å². The summed E-state index contributed by atoms with van der Waals surface area (Å²) in [7, 11) is 0. The van der Waals surface area contributed by atoms with Crippen molar-refractivity contribution in [2.75, 3.05) is 0 Å². The highest BCUT2D eigenvalue weighted by atomic mass is 127. The predicted molar refractivity (Wildman–Crippen MR) is 124 cm³/mol. The zero-order chi connectivity index (χ0) is 18.3. The number of hydrogen-bond donors (Lipinski definition) is 0. The second kappa shape index (κ2) is 14.3. The Morgan fingerprint density at radius 1 is 0.423 bits per heavy atom. The smallest absolute Gasteiger partial charge is 0.0130 e. The van der Waals surface area contributed by atoms with Crippen LogP contribution in [-0.2, 0) is 12.8 Å². The van der Waals surface area contributed by atoms with Gasteiger partial charge in [0.05, 0.1) is 0 Å². The number of aryl methyl sites for hydroxylation is 2. The summed E-state index contributed by atoms with van der Waals surface area (Å²) in [6.07, 6.45) is 18.0. The minimum atomic E-state index is 1.25. The summed E-state index contributed by atoms with van der Waals surface area (Å²) in [4.78, 5) is 0. The van der Waals surface area contributed by atoms with Crippen LogP contribution >= 0.6 is 22.6 Å². The number of unbranched alkanes of at least 4 members (excludes halogenated alkanes) is 10. The van der Waals surface area contributed by atoms with Gasteiger partial charge >= 0.3 is 0 Å². The molecule has 0 aromatic heterocycles. The fraction of sp³-hybridized carbons (Fsp3) is 0.520. The zero-order valence-corrected chi connectivity index (χ0v) is 18.4. The first-order valence-corrected chi connectivity index (χ1v) is 11.7. The van der Waals surface area contributed by atoms with E-state index < -0.39 is 0 Å². The lowest BCUT2D eigenvalue weighted by Gasteiger charge is -2.04. The van der Waals surface area contributed by atoms with Gasteiger partial charge in [0.1, 0.15) is 0 Å². The second-order valence-electron chi connectivity index (χ2n) is 7.50. The molecule has 0 aliphatic carbocycles. The largest absolute Gasteiger partial charge is 0.0622 e. The molecular weight excluding hydrogens is 427 g/mol. The van der Waals surface area contributed by atoms with E-state index >= 15 is 0 Å². The van der Waals surface area contributed by atoms with Gasteiger partial charge in [0.25, 0.3) is 0 Å². The van der Waals surface area contributed by atoms with Crippen molar-refractivity contribution >= 4 is 22.6 Å². The highest BCUT2D eigenvalue weighted by Crippen LogP contribution is 2.14. The molecule has 0 aliphatic rings. The van der Waals surface area contributed by atoms with E-state index in [1.807, 2.05) is 0 Å². The quantitative estimate of drug-likeness (QED) is 0.195. The Kier molecular flexibility index (Phi) is 11.8. The summed E-state index contributed by atoms with van der Waals surface area (Å²) < 4.78 is 1.34. The normalized spacial score (nSPS) is 11.0. The van der Waals surface area contributed by atoms with E-state index in [0.29, 0.717) is 0 Å². The summed E-state index contributed by atoms with van der Waals surface area (Å²) in [6, 6.07) is 19.9. The second-order valence-corrected chi connectivity index (χ2v) is 8.75. The van der Waals surface area contributed by atoms with Crippen molar-refractivity contribution in [2.24, 2.45) is 0 Å². The monoisotopic (exact) mass is 462 g/mol. The highest BCUT2D eigenvalue weighted by molar-refractivity contribution is 14.1. The molecule has 0 radical (unpaired) electrons. The lowest BCUT2D eigenvalue weighted by atomic mass is 10.0.